The quantitative estimate of drug-likeness (QED) is 0.142. The first-order valence-corrected chi connectivity index (χ1v) is 25.4. The molecule has 8 rings (SSSR count). The SMILES string of the molecule is CC(=O)O[C@H]1CC[C@@]2(C)[C@H](C1)[C@@H](O[C@@H]1O[C@H](C)[C@@H](OC(C)=O)[C@H](O[C@@H]3O[C@@H](C)[C@H](OC(C)=O)[C@@H](OC(C)=O)[C@H]3OC(C)=O)[C@H]1OC(C)=O)C[C@@H]1[C@@H]2CC[C@]2(C)[C@@H]3[C@H](C[C@@H]12)O[C@]1(CC[C@@H](C)CO1)[C@H]3C. The summed E-state index contributed by atoms with van der Waals surface area (Å²) >= 11 is 0. The van der Waals surface area contributed by atoms with Crippen molar-refractivity contribution in [1.82, 2.24) is 0 Å². The van der Waals surface area contributed by atoms with Gasteiger partial charge in [0.1, 0.15) is 12.2 Å². The maximum atomic E-state index is 13.2. The van der Waals surface area contributed by atoms with E-state index in [1.807, 2.05) is 0 Å². The van der Waals surface area contributed by atoms with Gasteiger partial charge in [-0.05, 0) is 112 Å². The summed E-state index contributed by atoms with van der Waals surface area (Å²) in [6, 6.07) is 0. The minimum Gasteiger partial charge on any atom is -0.463 e. The molecule has 0 unspecified atom stereocenters. The first kappa shape index (κ1) is 51.9. The average molecular weight is 977 g/mol. The predicted molar refractivity (Wildman–Crippen MR) is 239 cm³/mol. The lowest BCUT2D eigenvalue weighted by molar-refractivity contribution is -0.365. The van der Waals surface area contributed by atoms with Crippen molar-refractivity contribution in [2.75, 3.05) is 6.61 Å². The number of hydrogen-bond acceptors (Lipinski definition) is 18. The maximum absolute atomic E-state index is 13.2. The van der Waals surface area contributed by atoms with Crippen molar-refractivity contribution in [2.45, 2.75) is 226 Å². The van der Waals surface area contributed by atoms with Gasteiger partial charge in [0, 0.05) is 53.9 Å². The van der Waals surface area contributed by atoms with Crippen LogP contribution in [-0.2, 0) is 85.6 Å². The standard InChI is InChI=1S/C51H76O18/c1-23-13-18-51(58-22-23)24(2)40-39(69-51)21-36-34-20-38(37-19-33(61-27(5)52)14-16-49(37,11)35(34)15-17-50(36,40)12)67-47-46(66-32(10)57)44(42(26(4)59-47)63-29(7)54)68-48-45(65-31(9)56)43(64-30(8)55)41(25(3)60-48)62-28(6)53/h23-26,33-48H,13-22H2,1-12H3/t23-,24+,25+,26-,33+,34-,35+,36+,37-,38+,39+,40+,41+,42-,43-,44+,45-,46-,47+,48+,49-,50+,51-/m1/s1. The second-order valence-electron chi connectivity index (χ2n) is 22.3. The van der Waals surface area contributed by atoms with Gasteiger partial charge in [-0.25, -0.2) is 0 Å². The molecule has 69 heavy (non-hydrogen) atoms. The monoisotopic (exact) mass is 977 g/mol. The fourth-order valence-electron chi connectivity index (χ4n) is 15.1. The second-order valence-corrected chi connectivity index (χ2v) is 22.3. The fraction of sp³-hybridized carbons (Fsp3) is 0.882. The summed E-state index contributed by atoms with van der Waals surface area (Å²) in [4.78, 5) is 76.0. The van der Waals surface area contributed by atoms with Gasteiger partial charge in [0.15, 0.2) is 48.9 Å². The van der Waals surface area contributed by atoms with Crippen molar-refractivity contribution < 1.29 is 85.6 Å². The van der Waals surface area contributed by atoms with Crippen molar-refractivity contribution >= 4 is 35.8 Å². The van der Waals surface area contributed by atoms with Gasteiger partial charge in [-0.1, -0.05) is 27.7 Å². The van der Waals surface area contributed by atoms with Crippen LogP contribution >= 0.6 is 0 Å². The van der Waals surface area contributed by atoms with E-state index in [0.29, 0.717) is 43.1 Å². The summed E-state index contributed by atoms with van der Waals surface area (Å²) in [6.07, 6.45) is -5.87. The Hall–Kier alpha value is -3.42. The van der Waals surface area contributed by atoms with Gasteiger partial charge in [-0.3, -0.25) is 28.8 Å². The molecule has 0 amide bonds. The van der Waals surface area contributed by atoms with Gasteiger partial charge in [0.25, 0.3) is 0 Å². The van der Waals surface area contributed by atoms with Gasteiger partial charge in [0.05, 0.1) is 31.0 Å². The van der Waals surface area contributed by atoms with Crippen LogP contribution < -0.4 is 0 Å². The third-order valence-electron chi connectivity index (χ3n) is 17.8. The van der Waals surface area contributed by atoms with Gasteiger partial charge in [-0.15, -0.1) is 0 Å². The number of carbonyl (C=O) groups is 6. The zero-order valence-corrected chi connectivity index (χ0v) is 42.5. The van der Waals surface area contributed by atoms with E-state index >= 15 is 0 Å². The molecule has 388 valence electrons. The van der Waals surface area contributed by atoms with Crippen molar-refractivity contribution in [3.05, 3.63) is 0 Å². The molecule has 4 aliphatic carbocycles. The van der Waals surface area contributed by atoms with Crippen LogP contribution in [0.3, 0.4) is 0 Å². The molecule has 4 saturated carbocycles. The van der Waals surface area contributed by atoms with E-state index in [2.05, 4.69) is 27.7 Å². The molecular weight excluding hydrogens is 901 g/mol. The number of ether oxygens (including phenoxy) is 12. The van der Waals surface area contributed by atoms with E-state index in [-0.39, 0.29) is 46.8 Å². The van der Waals surface area contributed by atoms with Crippen LogP contribution in [0.1, 0.15) is 141 Å². The molecule has 0 bridgehead atoms. The lowest BCUT2D eigenvalue weighted by Crippen LogP contribution is -2.66. The molecule has 0 aromatic carbocycles. The molecule has 0 aromatic heterocycles. The highest BCUT2D eigenvalue weighted by Crippen LogP contribution is 2.72. The molecule has 0 aromatic rings. The Labute approximate surface area is 405 Å². The van der Waals surface area contributed by atoms with E-state index in [1.165, 1.54) is 27.7 Å². The Balaban J connectivity index is 1.14. The van der Waals surface area contributed by atoms with Crippen LogP contribution in [0.25, 0.3) is 0 Å². The Morgan fingerprint density at radius 2 is 1.03 bits per heavy atom. The smallest absolute Gasteiger partial charge is 0.303 e. The lowest BCUT2D eigenvalue weighted by Gasteiger charge is -2.63. The summed E-state index contributed by atoms with van der Waals surface area (Å²) in [7, 11) is 0. The van der Waals surface area contributed by atoms with Crippen molar-refractivity contribution in [3.63, 3.8) is 0 Å². The molecule has 18 heteroatoms. The zero-order valence-electron chi connectivity index (χ0n) is 42.5. The van der Waals surface area contributed by atoms with Crippen LogP contribution in [0.2, 0.25) is 0 Å². The van der Waals surface area contributed by atoms with Gasteiger partial charge in [-0.2, -0.15) is 0 Å². The van der Waals surface area contributed by atoms with Gasteiger partial charge < -0.3 is 56.8 Å². The molecule has 23 atom stereocenters. The number of carbonyl (C=O) groups excluding carboxylic acids is 6. The summed E-state index contributed by atoms with van der Waals surface area (Å²) < 4.78 is 75.4. The van der Waals surface area contributed by atoms with E-state index in [9.17, 15) is 28.8 Å². The van der Waals surface area contributed by atoms with Crippen molar-refractivity contribution in [3.8, 4) is 0 Å². The molecule has 4 saturated heterocycles. The van der Waals surface area contributed by atoms with Crippen LogP contribution in [0, 0.1) is 52.3 Å². The van der Waals surface area contributed by atoms with Crippen LogP contribution in [0.5, 0.6) is 0 Å². The van der Waals surface area contributed by atoms with E-state index < -0.39 is 103 Å². The molecule has 0 radical (unpaired) electrons. The third-order valence-corrected chi connectivity index (χ3v) is 17.8. The Morgan fingerprint density at radius 3 is 1.59 bits per heavy atom. The predicted octanol–water partition coefficient (Wildman–Crippen LogP) is 5.89. The number of fused-ring (bicyclic) bond motifs is 7. The van der Waals surface area contributed by atoms with Gasteiger partial charge >= 0.3 is 35.8 Å². The highest BCUT2D eigenvalue weighted by atomic mass is 16.8. The summed E-state index contributed by atoms with van der Waals surface area (Å²) in [5.74, 6) is -2.65. The highest BCUT2D eigenvalue weighted by molar-refractivity contribution is 5.69. The van der Waals surface area contributed by atoms with Gasteiger partial charge in [0.2, 0.25) is 0 Å². The summed E-state index contributed by atoms with van der Waals surface area (Å²) in [6.45, 7) is 20.7. The summed E-state index contributed by atoms with van der Waals surface area (Å²) in [5.41, 5.74) is -0.231. The second kappa shape index (κ2) is 19.9. The molecule has 8 aliphatic rings. The largest absolute Gasteiger partial charge is 0.463 e. The normalized spacial score (nSPS) is 47.8. The Kier molecular flexibility index (Phi) is 15.0. The van der Waals surface area contributed by atoms with Crippen molar-refractivity contribution in [1.29, 1.82) is 0 Å². The molecule has 1 spiro atoms. The summed E-state index contributed by atoms with van der Waals surface area (Å²) in [5, 5.41) is 0. The van der Waals surface area contributed by atoms with E-state index in [0.717, 1.165) is 58.8 Å². The topological polar surface area (TPSA) is 213 Å². The first-order chi connectivity index (χ1) is 32.4. The van der Waals surface area contributed by atoms with E-state index in [4.69, 9.17) is 56.8 Å². The first-order valence-electron chi connectivity index (χ1n) is 25.4. The minimum absolute atomic E-state index is 0.00970. The zero-order chi connectivity index (χ0) is 50.1. The number of rotatable bonds is 10. The molecule has 8 fully saturated rings. The van der Waals surface area contributed by atoms with Crippen molar-refractivity contribution in [2.24, 2.45) is 52.3 Å². The van der Waals surface area contributed by atoms with Crippen LogP contribution in [0.15, 0.2) is 0 Å². The molecular formula is C51H76O18. The fourth-order valence-corrected chi connectivity index (χ4v) is 15.1. The molecule has 4 heterocycles. The van der Waals surface area contributed by atoms with Crippen LogP contribution in [0.4, 0.5) is 0 Å². The number of hydrogen-bond donors (Lipinski definition) is 0. The Morgan fingerprint density at radius 1 is 0.507 bits per heavy atom. The third kappa shape index (κ3) is 9.93. The molecule has 4 aliphatic heterocycles. The Bertz CT molecular complexity index is 1950. The molecule has 18 nitrogen and oxygen atoms in total. The lowest BCUT2D eigenvalue weighted by atomic mass is 9.43. The van der Waals surface area contributed by atoms with Crippen LogP contribution in [-0.4, -0.2) is 128 Å². The van der Waals surface area contributed by atoms with E-state index in [1.54, 1.807) is 13.8 Å². The minimum atomic E-state index is -1.55. The number of esters is 6. The molecule has 0 N–H and O–H groups in total. The maximum Gasteiger partial charge on any atom is 0.303 e. The average Bonchev–Trinajstić information content (AvgIpc) is 3.69. The highest BCUT2D eigenvalue weighted by Gasteiger charge is 2.70.